The third kappa shape index (κ3) is 2.73. The van der Waals surface area contributed by atoms with Crippen molar-refractivity contribution in [3.05, 3.63) is 23.2 Å². The van der Waals surface area contributed by atoms with Crippen molar-refractivity contribution in [1.29, 1.82) is 0 Å². The van der Waals surface area contributed by atoms with Crippen molar-refractivity contribution in [3.8, 4) is 5.75 Å². The first-order valence-electron chi connectivity index (χ1n) is 2.69. The molecule has 0 aromatic heterocycles. The average molecular weight is 215 g/mol. The van der Waals surface area contributed by atoms with E-state index in [1.807, 2.05) is 0 Å². The predicted octanol–water partition coefficient (Wildman–Crippen LogP) is -1.71. The van der Waals surface area contributed by atoms with Crippen LogP contribution in [0.1, 0.15) is 0 Å². The Kier molecular flexibility index (Phi) is 5.40. The molecule has 0 amide bonds. The van der Waals surface area contributed by atoms with E-state index in [1.165, 1.54) is 18.2 Å². The summed E-state index contributed by atoms with van der Waals surface area (Å²) < 4.78 is 20.7. The number of phenolic OH excluding ortho intramolecular Hbond substituents is 1. The molecular weight excluding hydrogens is 211 g/mol. The van der Waals surface area contributed by atoms with E-state index < -0.39 is 16.8 Å². The minimum atomic E-state index is -2.44. The maximum Gasteiger partial charge on any atom is 1.00 e. The van der Waals surface area contributed by atoms with Gasteiger partial charge in [-0.2, -0.15) is 0 Å². The fourth-order valence-electron chi connectivity index (χ4n) is 0.630. The monoisotopic (exact) mass is 214 g/mol. The Labute approximate surface area is 99.3 Å². The Morgan fingerprint density at radius 1 is 1.50 bits per heavy atom. The van der Waals surface area contributed by atoms with Gasteiger partial charge in [0.15, 0.2) is 0 Å². The number of rotatable bonds is 1. The summed E-state index contributed by atoms with van der Waals surface area (Å²) in [6.07, 6.45) is 0. The normalized spacial score (nSPS) is 11.8. The second-order valence-corrected chi connectivity index (χ2v) is 3.14. The van der Waals surface area contributed by atoms with Gasteiger partial charge in [0.25, 0.3) is 0 Å². The van der Waals surface area contributed by atoms with Gasteiger partial charge in [-0.3, -0.25) is 4.21 Å². The largest absolute Gasteiger partial charge is 1.00 e. The molecule has 0 spiro atoms. The van der Waals surface area contributed by atoms with Crippen molar-refractivity contribution in [2.24, 2.45) is 0 Å². The SMILES string of the molecule is O=S([O-])c1cccc(Cl)c1O.[Na+]. The molecule has 0 aliphatic carbocycles. The molecule has 3 nitrogen and oxygen atoms in total. The number of hydrogen-bond donors (Lipinski definition) is 1. The zero-order valence-electron chi connectivity index (χ0n) is 6.28. The number of halogens is 1. The van der Waals surface area contributed by atoms with Crippen molar-refractivity contribution in [3.63, 3.8) is 0 Å². The molecule has 0 saturated heterocycles. The summed E-state index contributed by atoms with van der Waals surface area (Å²) in [6.45, 7) is 0. The quantitative estimate of drug-likeness (QED) is 0.447. The molecular formula is C6H4ClNaO3S. The zero-order valence-corrected chi connectivity index (χ0v) is 9.85. The summed E-state index contributed by atoms with van der Waals surface area (Å²) in [4.78, 5) is -0.183. The van der Waals surface area contributed by atoms with E-state index in [0.717, 1.165) is 0 Å². The molecule has 1 N–H and O–H groups in total. The molecule has 1 unspecified atom stereocenters. The van der Waals surface area contributed by atoms with Crippen LogP contribution < -0.4 is 29.6 Å². The Morgan fingerprint density at radius 3 is 2.50 bits per heavy atom. The molecule has 0 saturated carbocycles. The molecule has 60 valence electrons. The molecule has 1 atom stereocenters. The van der Waals surface area contributed by atoms with Crippen LogP contribution in [0.5, 0.6) is 5.75 Å². The van der Waals surface area contributed by atoms with Gasteiger partial charge in [0.1, 0.15) is 5.75 Å². The third-order valence-corrected chi connectivity index (χ3v) is 2.12. The first-order chi connectivity index (χ1) is 5.13. The van der Waals surface area contributed by atoms with Crippen molar-refractivity contribution in [2.45, 2.75) is 4.90 Å². The van der Waals surface area contributed by atoms with E-state index >= 15 is 0 Å². The maximum atomic E-state index is 10.4. The van der Waals surface area contributed by atoms with Crippen LogP contribution in [0.2, 0.25) is 5.02 Å². The van der Waals surface area contributed by atoms with Gasteiger partial charge in [0.05, 0.1) is 9.92 Å². The Morgan fingerprint density at radius 2 is 2.08 bits per heavy atom. The fourth-order valence-corrected chi connectivity index (χ4v) is 1.32. The van der Waals surface area contributed by atoms with Crippen molar-refractivity contribution in [2.75, 3.05) is 0 Å². The minimum Gasteiger partial charge on any atom is -0.768 e. The summed E-state index contributed by atoms with van der Waals surface area (Å²) in [5, 5.41) is 9.08. The molecule has 0 heterocycles. The Balaban J connectivity index is 0.00000121. The van der Waals surface area contributed by atoms with Crippen LogP contribution in [-0.2, 0) is 11.1 Å². The Bertz CT molecular complexity index is 305. The van der Waals surface area contributed by atoms with Gasteiger partial charge in [-0.25, -0.2) is 0 Å². The van der Waals surface area contributed by atoms with Crippen LogP contribution in [0.4, 0.5) is 0 Å². The van der Waals surface area contributed by atoms with Gasteiger partial charge in [-0.1, -0.05) is 17.7 Å². The molecule has 0 bridgehead atoms. The average Bonchev–Trinajstić information content (AvgIpc) is 1.94. The molecule has 0 radical (unpaired) electrons. The summed E-state index contributed by atoms with van der Waals surface area (Å²) in [7, 11) is 0. The topological polar surface area (TPSA) is 60.4 Å². The maximum absolute atomic E-state index is 10.4. The predicted molar refractivity (Wildman–Crippen MR) is 40.3 cm³/mol. The van der Waals surface area contributed by atoms with Gasteiger partial charge in [0.2, 0.25) is 0 Å². The molecule has 0 aliphatic heterocycles. The molecule has 1 aromatic carbocycles. The summed E-state index contributed by atoms with van der Waals surface area (Å²) in [6, 6.07) is 4.13. The summed E-state index contributed by atoms with van der Waals surface area (Å²) in [5.74, 6) is -0.400. The van der Waals surface area contributed by atoms with Crippen molar-refractivity contribution >= 4 is 22.7 Å². The fraction of sp³-hybridized carbons (Fsp3) is 0. The number of phenols is 1. The summed E-state index contributed by atoms with van der Waals surface area (Å²) in [5.41, 5.74) is 0. The molecule has 6 heteroatoms. The minimum absolute atomic E-state index is 0. The number of benzene rings is 1. The standard InChI is InChI=1S/C6H5ClO3S.Na/c7-4-2-1-3-5(6(4)8)11(9)10;/h1-3,8H,(H,9,10);/q;+1/p-1. The first-order valence-corrected chi connectivity index (χ1v) is 4.15. The van der Waals surface area contributed by atoms with Gasteiger partial charge in [0, 0.05) is 0 Å². The van der Waals surface area contributed by atoms with Crippen LogP contribution >= 0.6 is 11.6 Å². The number of aromatic hydroxyl groups is 1. The summed E-state index contributed by atoms with van der Waals surface area (Å²) >= 11 is 3.00. The van der Waals surface area contributed by atoms with Gasteiger partial charge in [-0.05, 0) is 23.2 Å². The third-order valence-electron chi connectivity index (χ3n) is 1.13. The van der Waals surface area contributed by atoms with E-state index in [-0.39, 0.29) is 39.5 Å². The van der Waals surface area contributed by atoms with Crippen LogP contribution in [0, 0.1) is 0 Å². The van der Waals surface area contributed by atoms with Crippen LogP contribution in [0.15, 0.2) is 23.1 Å². The van der Waals surface area contributed by atoms with E-state index in [4.69, 9.17) is 16.7 Å². The van der Waals surface area contributed by atoms with Crippen LogP contribution in [0.3, 0.4) is 0 Å². The molecule has 1 aromatic rings. The van der Waals surface area contributed by atoms with Crippen molar-refractivity contribution < 1.29 is 43.4 Å². The van der Waals surface area contributed by atoms with E-state index in [1.54, 1.807) is 0 Å². The smallest absolute Gasteiger partial charge is 0.768 e. The van der Waals surface area contributed by atoms with Gasteiger partial charge >= 0.3 is 29.6 Å². The second-order valence-electron chi connectivity index (χ2n) is 1.82. The molecule has 0 aliphatic rings. The van der Waals surface area contributed by atoms with Crippen LogP contribution in [-0.4, -0.2) is 13.9 Å². The van der Waals surface area contributed by atoms with Crippen LogP contribution in [0.25, 0.3) is 0 Å². The molecule has 12 heavy (non-hydrogen) atoms. The Hall–Kier alpha value is 0.420. The molecule has 1 rings (SSSR count). The van der Waals surface area contributed by atoms with Gasteiger partial charge in [-0.15, -0.1) is 0 Å². The van der Waals surface area contributed by atoms with E-state index in [0.29, 0.717) is 0 Å². The first kappa shape index (κ1) is 12.4. The van der Waals surface area contributed by atoms with E-state index in [2.05, 4.69) is 0 Å². The number of para-hydroxylation sites is 1. The van der Waals surface area contributed by atoms with E-state index in [9.17, 15) is 8.76 Å². The second kappa shape index (κ2) is 5.21. The van der Waals surface area contributed by atoms with Crippen molar-refractivity contribution in [1.82, 2.24) is 0 Å². The van der Waals surface area contributed by atoms with Gasteiger partial charge < -0.3 is 9.66 Å². The molecule has 0 fully saturated rings. The number of hydrogen-bond acceptors (Lipinski definition) is 3. The zero-order chi connectivity index (χ0) is 8.43.